The summed E-state index contributed by atoms with van der Waals surface area (Å²) in [6.45, 7) is 9.83. The van der Waals surface area contributed by atoms with Gasteiger partial charge in [-0.3, -0.25) is 0 Å². The Kier molecular flexibility index (Phi) is 10.9. The summed E-state index contributed by atoms with van der Waals surface area (Å²) in [7, 11) is 0. The Morgan fingerprint density at radius 2 is 1.43 bits per heavy atom. The summed E-state index contributed by atoms with van der Waals surface area (Å²) in [5, 5.41) is 0. The molecule has 0 rings (SSSR count). The van der Waals surface area contributed by atoms with Crippen LogP contribution < -0.4 is 0 Å². The van der Waals surface area contributed by atoms with Crippen LogP contribution in [0.25, 0.3) is 0 Å². The predicted molar refractivity (Wildman–Crippen MR) is 57.6 cm³/mol. The maximum atomic E-state index is 5.45. The molecular weight excluding hydrogens is 180 g/mol. The van der Waals surface area contributed by atoms with Crippen molar-refractivity contribution in [2.24, 2.45) is 0 Å². The van der Waals surface area contributed by atoms with Crippen molar-refractivity contribution in [1.82, 2.24) is 0 Å². The summed E-state index contributed by atoms with van der Waals surface area (Å²) in [5.41, 5.74) is 0. The van der Waals surface area contributed by atoms with E-state index in [-0.39, 0.29) is 0 Å². The first-order valence-corrected chi connectivity index (χ1v) is 5.58. The molecule has 0 saturated carbocycles. The van der Waals surface area contributed by atoms with Gasteiger partial charge in [0.05, 0.1) is 32.5 Å². The molecule has 0 fully saturated rings. The van der Waals surface area contributed by atoms with Gasteiger partial charge in [-0.1, -0.05) is 13.8 Å². The monoisotopic (exact) mass is 204 g/mol. The van der Waals surface area contributed by atoms with Gasteiger partial charge in [0, 0.05) is 6.61 Å². The van der Waals surface area contributed by atoms with Crippen molar-refractivity contribution in [2.75, 3.05) is 33.0 Å². The molecule has 1 unspecified atom stereocenters. The van der Waals surface area contributed by atoms with Crippen LogP contribution in [-0.4, -0.2) is 39.1 Å². The third-order valence-electron chi connectivity index (χ3n) is 1.93. The first kappa shape index (κ1) is 13.9. The second-order valence-electron chi connectivity index (χ2n) is 3.31. The fourth-order valence-corrected chi connectivity index (χ4v) is 0.892. The topological polar surface area (TPSA) is 27.7 Å². The van der Waals surface area contributed by atoms with Gasteiger partial charge in [-0.05, 0) is 19.8 Å². The van der Waals surface area contributed by atoms with Crippen LogP contribution >= 0.6 is 0 Å². The lowest BCUT2D eigenvalue weighted by atomic mass is 10.3. The molecule has 0 bridgehead atoms. The number of rotatable bonds is 10. The van der Waals surface area contributed by atoms with Crippen LogP contribution in [0.3, 0.4) is 0 Å². The molecule has 0 aliphatic carbocycles. The standard InChI is InChI=1S/C11H24O3/c1-4-6-12-7-8-13-9-10-14-11(3)5-2/h11H,4-10H2,1-3H3. The van der Waals surface area contributed by atoms with Crippen molar-refractivity contribution in [3.05, 3.63) is 0 Å². The highest BCUT2D eigenvalue weighted by atomic mass is 16.5. The van der Waals surface area contributed by atoms with Crippen LogP contribution in [0.4, 0.5) is 0 Å². The zero-order valence-electron chi connectivity index (χ0n) is 9.75. The van der Waals surface area contributed by atoms with Crippen molar-refractivity contribution < 1.29 is 14.2 Å². The molecule has 0 aromatic rings. The van der Waals surface area contributed by atoms with Gasteiger partial charge in [0.15, 0.2) is 0 Å². The second kappa shape index (κ2) is 11.0. The molecule has 0 aromatic carbocycles. The van der Waals surface area contributed by atoms with E-state index in [2.05, 4.69) is 20.8 Å². The maximum Gasteiger partial charge on any atom is 0.0704 e. The SMILES string of the molecule is CCCOCCOCCOC(C)CC. The van der Waals surface area contributed by atoms with Gasteiger partial charge in [-0.15, -0.1) is 0 Å². The van der Waals surface area contributed by atoms with E-state index in [1.54, 1.807) is 0 Å². The molecule has 14 heavy (non-hydrogen) atoms. The Bertz CT molecular complexity index is 107. The normalized spacial score (nSPS) is 13.1. The average molecular weight is 204 g/mol. The molecule has 0 heterocycles. The van der Waals surface area contributed by atoms with Crippen LogP contribution in [0.2, 0.25) is 0 Å². The van der Waals surface area contributed by atoms with E-state index in [0.29, 0.717) is 32.5 Å². The third-order valence-corrected chi connectivity index (χ3v) is 1.93. The predicted octanol–water partition coefficient (Wildman–Crippen LogP) is 2.24. The number of hydrogen-bond donors (Lipinski definition) is 0. The molecule has 0 radical (unpaired) electrons. The van der Waals surface area contributed by atoms with E-state index in [4.69, 9.17) is 14.2 Å². The van der Waals surface area contributed by atoms with Crippen LogP contribution in [-0.2, 0) is 14.2 Å². The molecule has 0 aliphatic heterocycles. The van der Waals surface area contributed by atoms with Gasteiger partial charge in [0.1, 0.15) is 0 Å². The molecule has 3 nitrogen and oxygen atoms in total. The van der Waals surface area contributed by atoms with Gasteiger partial charge in [-0.25, -0.2) is 0 Å². The van der Waals surface area contributed by atoms with Crippen molar-refractivity contribution >= 4 is 0 Å². The molecule has 0 spiro atoms. The van der Waals surface area contributed by atoms with E-state index < -0.39 is 0 Å². The van der Waals surface area contributed by atoms with Crippen LogP contribution in [0.15, 0.2) is 0 Å². The van der Waals surface area contributed by atoms with Crippen LogP contribution in [0.5, 0.6) is 0 Å². The molecule has 86 valence electrons. The smallest absolute Gasteiger partial charge is 0.0704 e. The first-order chi connectivity index (χ1) is 6.81. The first-order valence-electron chi connectivity index (χ1n) is 5.58. The molecule has 0 amide bonds. The lowest BCUT2D eigenvalue weighted by Crippen LogP contribution is -2.13. The number of hydrogen-bond acceptors (Lipinski definition) is 3. The van der Waals surface area contributed by atoms with E-state index in [9.17, 15) is 0 Å². The second-order valence-corrected chi connectivity index (χ2v) is 3.31. The van der Waals surface area contributed by atoms with E-state index in [1.807, 2.05) is 0 Å². The van der Waals surface area contributed by atoms with Gasteiger partial charge in [0.2, 0.25) is 0 Å². The Balaban J connectivity index is 2.92. The summed E-state index contributed by atoms with van der Waals surface area (Å²) in [5.74, 6) is 0. The Labute approximate surface area is 87.7 Å². The highest BCUT2D eigenvalue weighted by molar-refractivity contribution is 4.43. The van der Waals surface area contributed by atoms with Crippen LogP contribution in [0, 0.1) is 0 Å². The van der Waals surface area contributed by atoms with Gasteiger partial charge in [-0.2, -0.15) is 0 Å². The molecule has 1 atom stereocenters. The Morgan fingerprint density at radius 1 is 0.857 bits per heavy atom. The molecule has 3 heteroatoms. The third kappa shape index (κ3) is 9.96. The Morgan fingerprint density at radius 3 is 2.00 bits per heavy atom. The minimum Gasteiger partial charge on any atom is -0.379 e. The minimum absolute atomic E-state index is 0.343. The summed E-state index contributed by atoms with van der Waals surface area (Å²) in [4.78, 5) is 0. The summed E-state index contributed by atoms with van der Waals surface area (Å²) in [6.07, 6.45) is 2.46. The highest BCUT2D eigenvalue weighted by Crippen LogP contribution is 1.94. The lowest BCUT2D eigenvalue weighted by molar-refractivity contribution is -0.00680. The molecule has 0 saturated heterocycles. The largest absolute Gasteiger partial charge is 0.379 e. The average Bonchev–Trinajstić information content (AvgIpc) is 2.21. The van der Waals surface area contributed by atoms with Gasteiger partial charge >= 0.3 is 0 Å². The molecular formula is C11H24O3. The van der Waals surface area contributed by atoms with Crippen LogP contribution in [0.1, 0.15) is 33.6 Å². The van der Waals surface area contributed by atoms with Crippen molar-refractivity contribution in [3.8, 4) is 0 Å². The van der Waals surface area contributed by atoms with E-state index in [1.165, 1.54) is 0 Å². The van der Waals surface area contributed by atoms with Gasteiger partial charge < -0.3 is 14.2 Å². The van der Waals surface area contributed by atoms with Crippen molar-refractivity contribution in [1.29, 1.82) is 0 Å². The van der Waals surface area contributed by atoms with E-state index in [0.717, 1.165) is 19.4 Å². The number of ether oxygens (including phenoxy) is 3. The fourth-order valence-electron chi connectivity index (χ4n) is 0.892. The molecule has 0 aliphatic rings. The molecule has 0 aromatic heterocycles. The zero-order chi connectivity index (χ0) is 10.6. The quantitative estimate of drug-likeness (QED) is 0.511. The fraction of sp³-hybridized carbons (Fsp3) is 1.00. The van der Waals surface area contributed by atoms with Crippen molar-refractivity contribution in [2.45, 2.75) is 39.7 Å². The maximum absolute atomic E-state index is 5.45. The summed E-state index contributed by atoms with van der Waals surface area (Å²) >= 11 is 0. The minimum atomic E-state index is 0.343. The lowest BCUT2D eigenvalue weighted by Gasteiger charge is -2.10. The van der Waals surface area contributed by atoms with Gasteiger partial charge in [0.25, 0.3) is 0 Å². The van der Waals surface area contributed by atoms with E-state index >= 15 is 0 Å². The summed E-state index contributed by atoms with van der Waals surface area (Å²) < 4.78 is 16.0. The zero-order valence-corrected chi connectivity index (χ0v) is 9.75. The van der Waals surface area contributed by atoms with Crippen molar-refractivity contribution in [3.63, 3.8) is 0 Å². The highest BCUT2D eigenvalue weighted by Gasteiger charge is 1.96. The molecule has 0 N–H and O–H groups in total. The Hall–Kier alpha value is -0.120. The summed E-state index contributed by atoms with van der Waals surface area (Å²) in [6, 6.07) is 0.